The first-order valence-electron chi connectivity index (χ1n) is 8.77. The minimum absolute atomic E-state index is 0.193. The van der Waals surface area contributed by atoms with Gasteiger partial charge in [0.25, 0.3) is 5.91 Å². The molecule has 1 saturated heterocycles. The molecule has 0 aliphatic carbocycles. The van der Waals surface area contributed by atoms with Gasteiger partial charge in [-0.05, 0) is 17.7 Å². The van der Waals surface area contributed by atoms with Crippen molar-refractivity contribution in [3.05, 3.63) is 58.1 Å². The second-order valence-electron chi connectivity index (χ2n) is 6.49. The third-order valence-corrected chi connectivity index (χ3v) is 6.68. The number of benzene rings is 2. The Balaban J connectivity index is 1.56. The van der Waals surface area contributed by atoms with Crippen LogP contribution in [0.4, 0.5) is 0 Å². The highest BCUT2D eigenvalue weighted by molar-refractivity contribution is 7.99. The summed E-state index contributed by atoms with van der Waals surface area (Å²) in [5.74, 6) is 1.05. The van der Waals surface area contributed by atoms with Crippen molar-refractivity contribution in [3.63, 3.8) is 0 Å². The molecule has 2 aromatic carbocycles. The molecule has 2 aliphatic heterocycles. The average Bonchev–Trinajstić information content (AvgIpc) is 3.26. The van der Waals surface area contributed by atoms with E-state index in [0.29, 0.717) is 34.4 Å². The van der Waals surface area contributed by atoms with Crippen molar-refractivity contribution in [1.82, 2.24) is 10.2 Å². The number of halogens is 1. The van der Waals surface area contributed by atoms with E-state index in [-0.39, 0.29) is 17.2 Å². The van der Waals surface area contributed by atoms with Crippen molar-refractivity contribution in [2.75, 3.05) is 20.0 Å². The van der Waals surface area contributed by atoms with Crippen LogP contribution in [0.2, 0.25) is 5.02 Å². The lowest BCUT2D eigenvalue weighted by Crippen LogP contribution is -2.45. The lowest BCUT2D eigenvalue weighted by Gasteiger charge is -2.22. The Labute approximate surface area is 172 Å². The zero-order chi connectivity index (χ0) is 19.8. The number of methoxy groups -OCH3 is 2. The summed E-state index contributed by atoms with van der Waals surface area (Å²) in [5.41, 5.74) is 2.17. The molecule has 146 valence electrons. The van der Waals surface area contributed by atoms with E-state index in [1.54, 1.807) is 28.8 Å². The van der Waals surface area contributed by atoms with Crippen molar-refractivity contribution in [1.29, 1.82) is 0 Å². The van der Waals surface area contributed by atoms with E-state index < -0.39 is 6.04 Å². The Morgan fingerprint density at radius 2 is 2.04 bits per heavy atom. The number of thioether (sulfide) groups is 1. The Kier molecular flexibility index (Phi) is 5.12. The van der Waals surface area contributed by atoms with Gasteiger partial charge in [-0.25, -0.2) is 0 Å². The quantitative estimate of drug-likeness (QED) is 0.807. The fourth-order valence-corrected chi connectivity index (χ4v) is 5.29. The van der Waals surface area contributed by atoms with E-state index >= 15 is 0 Å². The van der Waals surface area contributed by atoms with Crippen molar-refractivity contribution in [2.45, 2.75) is 18.0 Å². The molecule has 0 radical (unpaired) electrons. The minimum atomic E-state index is -0.548. The number of carbonyl (C=O) groups is 2. The van der Waals surface area contributed by atoms with Crippen molar-refractivity contribution in [2.24, 2.45) is 0 Å². The van der Waals surface area contributed by atoms with Gasteiger partial charge in [0, 0.05) is 22.9 Å². The van der Waals surface area contributed by atoms with E-state index in [4.69, 9.17) is 21.1 Å². The van der Waals surface area contributed by atoms with Crippen LogP contribution in [0.3, 0.4) is 0 Å². The van der Waals surface area contributed by atoms with Crippen LogP contribution in [0.25, 0.3) is 0 Å². The van der Waals surface area contributed by atoms with E-state index in [1.165, 1.54) is 14.2 Å². The summed E-state index contributed by atoms with van der Waals surface area (Å²) in [5, 5.41) is 3.31. The molecule has 0 bridgehead atoms. The topological polar surface area (TPSA) is 67.9 Å². The number of carbonyl (C=O) groups excluding carboxylic acids is 2. The van der Waals surface area contributed by atoms with Gasteiger partial charge in [-0.2, -0.15) is 0 Å². The smallest absolute Gasteiger partial charge is 0.260 e. The first-order chi connectivity index (χ1) is 13.6. The SMILES string of the molecule is COc1ccc2c(c1OC)C(=O)N1C2SC[C@H]1C(=O)NCc1ccccc1Cl. The molecule has 1 N–H and O–H groups in total. The Bertz CT molecular complexity index is 952. The molecular weight excluding hydrogens is 400 g/mol. The molecule has 1 fully saturated rings. The molecular formula is C20H19ClN2O4S. The predicted molar refractivity (Wildman–Crippen MR) is 108 cm³/mol. The van der Waals surface area contributed by atoms with Gasteiger partial charge in [0.15, 0.2) is 11.5 Å². The number of amides is 2. The zero-order valence-corrected chi connectivity index (χ0v) is 17.0. The summed E-state index contributed by atoms with van der Waals surface area (Å²) in [7, 11) is 3.04. The molecule has 2 amide bonds. The van der Waals surface area contributed by atoms with Crippen LogP contribution in [0.1, 0.15) is 26.9 Å². The molecule has 8 heteroatoms. The highest BCUT2D eigenvalue weighted by atomic mass is 35.5. The van der Waals surface area contributed by atoms with Crippen LogP contribution < -0.4 is 14.8 Å². The summed E-state index contributed by atoms with van der Waals surface area (Å²) >= 11 is 7.73. The van der Waals surface area contributed by atoms with E-state index in [2.05, 4.69) is 5.32 Å². The highest BCUT2D eigenvalue weighted by Crippen LogP contribution is 2.52. The van der Waals surface area contributed by atoms with E-state index in [1.807, 2.05) is 24.3 Å². The Morgan fingerprint density at radius 3 is 2.75 bits per heavy atom. The lowest BCUT2D eigenvalue weighted by molar-refractivity contribution is -0.124. The largest absolute Gasteiger partial charge is 0.493 e. The zero-order valence-electron chi connectivity index (χ0n) is 15.4. The number of nitrogens with one attached hydrogen (secondary N) is 1. The van der Waals surface area contributed by atoms with Gasteiger partial charge < -0.3 is 19.7 Å². The summed E-state index contributed by atoms with van der Waals surface area (Å²) in [6, 6.07) is 10.5. The first kappa shape index (κ1) is 19.0. The number of ether oxygens (including phenoxy) is 2. The summed E-state index contributed by atoms with van der Waals surface area (Å²) in [6.07, 6.45) is 0. The molecule has 0 saturated carbocycles. The third kappa shape index (κ3) is 2.99. The number of hydrogen-bond acceptors (Lipinski definition) is 5. The first-order valence-corrected chi connectivity index (χ1v) is 10.2. The Hall–Kier alpha value is -2.38. The molecule has 0 spiro atoms. The number of hydrogen-bond donors (Lipinski definition) is 1. The molecule has 6 nitrogen and oxygen atoms in total. The minimum Gasteiger partial charge on any atom is -0.493 e. The summed E-state index contributed by atoms with van der Waals surface area (Å²) in [6.45, 7) is 0.316. The number of rotatable bonds is 5. The highest BCUT2D eigenvalue weighted by Gasteiger charge is 2.50. The van der Waals surface area contributed by atoms with Crippen molar-refractivity contribution >= 4 is 35.2 Å². The van der Waals surface area contributed by atoms with Crippen molar-refractivity contribution in [3.8, 4) is 11.5 Å². The Morgan fingerprint density at radius 1 is 1.25 bits per heavy atom. The molecule has 4 rings (SSSR count). The lowest BCUT2D eigenvalue weighted by atomic mass is 10.1. The molecule has 2 aliphatic rings. The van der Waals surface area contributed by atoms with E-state index in [0.717, 1.165) is 11.1 Å². The monoisotopic (exact) mass is 418 g/mol. The van der Waals surface area contributed by atoms with Crippen LogP contribution in [0, 0.1) is 0 Å². The van der Waals surface area contributed by atoms with Gasteiger partial charge in [0.05, 0.1) is 19.8 Å². The number of nitrogens with zero attached hydrogens (tertiary/aromatic N) is 1. The van der Waals surface area contributed by atoms with Gasteiger partial charge >= 0.3 is 0 Å². The number of fused-ring (bicyclic) bond motifs is 3. The molecule has 2 heterocycles. The van der Waals surface area contributed by atoms with Gasteiger partial charge in [0.1, 0.15) is 11.4 Å². The second-order valence-corrected chi connectivity index (χ2v) is 8.01. The van der Waals surface area contributed by atoms with Gasteiger partial charge in [-0.1, -0.05) is 35.9 Å². The fraction of sp³-hybridized carbons (Fsp3) is 0.300. The normalized spacial score (nSPS) is 20.0. The summed E-state index contributed by atoms with van der Waals surface area (Å²) < 4.78 is 10.7. The van der Waals surface area contributed by atoms with Crippen LogP contribution in [0.5, 0.6) is 11.5 Å². The van der Waals surface area contributed by atoms with Crippen molar-refractivity contribution < 1.29 is 19.1 Å². The maximum Gasteiger partial charge on any atom is 0.260 e. The van der Waals surface area contributed by atoms with Gasteiger partial charge in [0.2, 0.25) is 5.91 Å². The fourth-order valence-electron chi connectivity index (χ4n) is 3.64. The second kappa shape index (κ2) is 7.56. The molecule has 28 heavy (non-hydrogen) atoms. The van der Waals surface area contributed by atoms with Gasteiger partial charge in [-0.15, -0.1) is 11.8 Å². The van der Waals surface area contributed by atoms with Crippen LogP contribution >= 0.6 is 23.4 Å². The standard InChI is InChI=1S/C20H19ClN2O4S/c1-26-15-8-7-12-16(17(15)27-2)19(25)23-14(10-28-20(12)23)18(24)22-9-11-5-3-4-6-13(11)21/h3-8,14,20H,9-10H2,1-2H3,(H,22,24)/t14-,20?/m0/s1. The summed E-state index contributed by atoms with van der Waals surface area (Å²) in [4.78, 5) is 27.6. The van der Waals surface area contributed by atoms with Crippen LogP contribution in [0.15, 0.2) is 36.4 Å². The van der Waals surface area contributed by atoms with E-state index in [9.17, 15) is 9.59 Å². The van der Waals surface area contributed by atoms with Crippen LogP contribution in [-0.2, 0) is 11.3 Å². The molecule has 1 unspecified atom stereocenters. The molecule has 0 aromatic heterocycles. The predicted octanol–water partition coefficient (Wildman–Crippen LogP) is 3.24. The maximum atomic E-state index is 13.1. The van der Waals surface area contributed by atoms with Gasteiger partial charge in [-0.3, -0.25) is 9.59 Å². The maximum absolute atomic E-state index is 13.1. The third-order valence-electron chi connectivity index (χ3n) is 5.01. The molecule has 2 aromatic rings. The molecule has 2 atom stereocenters. The van der Waals surface area contributed by atoms with Crippen LogP contribution in [-0.4, -0.2) is 42.7 Å². The average molecular weight is 419 g/mol.